The van der Waals surface area contributed by atoms with Gasteiger partial charge in [0.1, 0.15) is 5.75 Å². The molecule has 152 valence electrons. The van der Waals surface area contributed by atoms with Gasteiger partial charge in [-0.05, 0) is 43.0 Å². The normalized spacial score (nSPS) is 17.1. The van der Waals surface area contributed by atoms with Gasteiger partial charge in [0.05, 0.1) is 18.4 Å². The monoisotopic (exact) mass is 393 g/mol. The fraction of sp³-hybridized carbons (Fsp3) is 0.391. The third kappa shape index (κ3) is 3.67. The van der Waals surface area contributed by atoms with Crippen molar-refractivity contribution < 1.29 is 14.3 Å². The zero-order valence-electron chi connectivity index (χ0n) is 17.0. The molecule has 0 aliphatic carbocycles. The largest absolute Gasteiger partial charge is 0.497 e. The van der Waals surface area contributed by atoms with Crippen molar-refractivity contribution in [1.82, 2.24) is 4.90 Å². The molecular formula is C23H27N3O3. The molecule has 1 fully saturated rings. The predicted octanol–water partition coefficient (Wildman–Crippen LogP) is 3.32. The van der Waals surface area contributed by atoms with Crippen molar-refractivity contribution in [3.05, 3.63) is 53.6 Å². The second kappa shape index (κ2) is 8.15. The lowest BCUT2D eigenvalue weighted by Crippen LogP contribution is -2.50. The summed E-state index contributed by atoms with van der Waals surface area (Å²) < 4.78 is 5.25. The summed E-state index contributed by atoms with van der Waals surface area (Å²) in [6.45, 7) is 1.29. The highest BCUT2D eigenvalue weighted by Gasteiger charge is 2.34. The molecule has 0 aromatic heterocycles. The molecule has 0 saturated carbocycles. The van der Waals surface area contributed by atoms with Crippen molar-refractivity contribution in [2.24, 2.45) is 0 Å². The van der Waals surface area contributed by atoms with Gasteiger partial charge in [-0.3, -0.25) is 9.59 Å². The summed E-state index contributed by atoms with van der Waals surface area (Å²) in [5.74, 6) is 0.925. The number of fused-ring (bicyclic) bond motifs is 1. The van der Waals surface area contributed by atoms with Crippen LogP contribution < -0.4 is 15.0 Å². The Morgan fingerprint density at radius 1 is 1.10 bits per heavy atom. The second-order valence-corrected chi connectivity index (χ2v) is 7.58. The molecule has 6 heteroatoms. The number of rotatable bonds is 4. The number of nitrogens with one attached hydrogen (secondary N) is 1. The zero-order valence-corrected chi connectivity index (χ0v) is 17.0. The third-order valence-electron chi connectivity index (χ3n) is 5.97. The molecule has 1 N–H and O–H groups in total. The Hall–Kier alpha value is -3.02. The van der Waals surface area contributed by atoms with Crippen LogP contribution in [-0.2, 0) is 11.2 Å². The van der Waals surface area contributed by atoms with E-state index in [1.165, 1.54) is 5.56 Å². The Bertz CT molecular complexity index is 919. The first-order valence-corrected chi connectivity index (χ1v) is 10.2. The number of anilines is 2. The van der Waals surface area contributed by atoms with Crippen LogP contribution in [-0.4, -0.2) is 50.0 Å². The molecule has 0 bridgehead atoms. The van der Waals surface area contributed by atoms with Gasteiger partial charge in [-0.1, -0.05) is 18.2 Å². The van der Waals surface area contributed by atoms with Crippen molar-refractivity contribution in [1.29, 1.82) is 0 Å². The second-order valence-electron chi connectivity index (χ2n) is 7.58. The molecule has 29 heavy (non-hydrogen) atoms. The highest BCUT2D eigenvalue weighted by molar-refractivity contribution is 6.00. The van der Waals surface area contributed by atoms with Gasteiger partial charge in [0.15, 0.2) is 0 Å². The molecule has 2 aromatic rings. The van der Waals surface area contributed by atoms with E-state index in [2.05, 4.69) is 11.4 Å². The van der Waals surface area contributed by atoms with Gasteiger partial charge in [-0.2, -0.15) is 0 Å². The van der Waals surface area contributed by atoms with Crippen molar-refractivity contribution in [3.63, 3.8) is 0 Å². The molecule has 0 unspecified atom stereocenters. The third-order valence-corrected chi connectivity index (χ3v) is 5.97. The number of hydrogen-bond acceptors (Lipinski definition) is 4. The molecule has 2 aliphatic rings. The van der Waals surface area contributed by atoms with Gasteiger partial charge in [0.2, 0.25) is 5.91 Å². The van der Waals surface area contributed by atoms with Crippen molar-refractivity contribution in [3.8, 4) is 5.75 Å². The van der Waals surface area contributed by atoms with Crippen LogP contribution >= 0.6 is 0 Å². The van der Waals surface area contributed by atoms with Crippen LogP contribution in [0.5, 0.6) is 5.75 Å². The van der Waals surface area contributed by atoms with Gasteiger partial charge in [-0.15, -0.1) is 0 Å². The van der Waals surface area contributed by atoms with E-state index in [1.807, 2.05) is 46.2 Å². The number of aryl methyl sites for hydroxylation is 1. The number of para-hydroxylation sites is 1. The van der Waals surface area contributed by atoms with Gasteiger partial charge in [0.25, 0.3) is 5.91 Å². The lowest BCUT2D eigenvalue weighted by Gasteiger charge is -2.41. The molecule has 2 aliphatic heterocycles. The summed E-state index contributed by atoms with van der Waals surface area (Å²) in [5.41, 5.74) is 3.69. The SMILES string of the molecule is CNc1cc(OC)ccc1C(=O)N1CCC(N2C(=O)CCc3ccccc32)CC1. The lowest BCUT2D eigenvalue weighted by molar-refractivity contribution is -0.119. The summed E-state index contributed by atoms with van der Waals surface area (Å²) in [5, 5.41) is 3.09. The summed E-state index contributed by atoms with van der Waals surface area (Å²) >= 11 is 0. The van der Waals surface area contributed by atoms with E-state index in [0.29, 0.717) is 30.8 Å². The molecule has 2 amide bonds. The average molecular weight is 393 g/mol. The molecule has 2 heterocycles. The molecule has 6 nitrogen and oxygen atoms in total. The Balaban J connectivity index is 1.48. The number of methoxy groups -OCH3 is 1. The number of likely N-dealkylation sites (tertiary alicyclic amines) is 1. The van der Waals surface area contributed by atoms with E-state index in [-0.39, 0.29) is 17.9 Å². The summed E-state index contributed by atoms with van der Waals surface area (Å²) in [6, 6.07) is 13.8. The fourth-order valence-corrected chi connectivity index (χ4v) is 4.40. The molecule has 0 atom stereocenters. The van der Waals surface area contributed by atoms with E-state index in [1.54, 1.807) is 14.2 Å². The van der Waals surface area contributed by atoms with Crippen LogP contribution in [0.1, 0.15) is 35.2 Å². The first-order chi connectivity index (χ1) is 14.1. The maximum Gasteiger partial charge on any atom is 0.255 e. The number of hydrogen-bond donors (Lipinski definition) is 1. The zero-order chi connectivity index (χ0) is 20.4. The minimum Gasteiger partial charge on any atom is -0.497 e. The van der Waals surface area contributed by atoms with Crippen molar-refractivity contribution in [2.45, 2.75) is 31.7 Å². The molecule has 2 aromatic carbocycles. The Morgan fingerprint density at radius 3 is 2.59 bits per heavy atom. The Kier molecular flexibility index (Phi) is 5.43. The molecular weight excluding hydrogens is 366 g/mol. The maximum absolute atomic E-state index is 13.1. The van der Waals surface area contributed by atoms with E-state index in [9.17, 15) is 9.59 Å². The van der Waals surface area contributed by atoms with E-state index in [0.717, 1.165) is 30.6 Å². The predicted molar refractivity (Wildman–Crippen MR) is 114 cm³/mol. The van der Waals surface area contributed by atoms with Crippen molar-refractivity contribution in [2.75, 3.05) is 37.5 Å². The fourth-order valence-electron chi connectivity index (χ4n) is 4.40. The maximum atomic E-state index is 13.1. The van der Waals surface area contributed by atoms with Crippen LogP contribution in [0.15, 0.2) is 42.5 Å². The number of carbonyl (C=O) groups is 2. The van der Waals surface area contributed by atoms with E-state index in [4.69, 9.17) is 4.74 Å². The van der Waals surface area contributed by atoms with Crippen LogP contribution in [0.3, 0.4) is 0 Å². The van der Waals surface area contributed by atoms with Gasteiger partial charge >= 0.3 is 0 Å². The molecule has 0 spiro atoms. The van der Waals surface area contributed by atoms with Crippen LogP contribution in [0.25, 0.3) is 0 Å². The number of ether oxygens (including phenoxy) is 1. The first kappa shape index (κ1) is 19.3. The van der Waals surface area contributed by atoms with Crippen LogP contribution in [0.2, 0.25) is 0 Å². The number of carbonyl (C=O) groups excluding carboxylic acids is 2. The van der Waals surface area contributed by atoms with Crippen LogP contribution in [0, 0.1) is 0 Å². The molecule has 4 rings (SSSR count). The highest BCUT2D eigenvalue weighted by atomic mass is 16.5. The number of piperidine rings is 1. The standard InChI is InChI=1S/C23H27N3O3/c1-24-20-15-18(29-2)8-9-19(20)23(28)25-13-11-17(12-14-25)26-21-6-4-3-5-16(21)7-10-22(26)27/h3-6,8-9,15,17,24H,7,10-14H2,1-2H3. The van der Waals surface area contributed by atoms with Gasteiger partial charge in [0, 0.05) is 44.4 Å². The van der Waals surface area contributed by atoms with E-state index >= 15 is 0 Å². The summed E-state index contributed by atoms with van der Waals surface area (Å²) in [7, 11) is 3.41. The minimum absolute atomic E-state index is 0.0147. The number of benzene rings is 2. The lowest BCUT2D eigenvalue weighted by atomic mass is 9.95. The first-order valence-electron chi connectivity index (χ1n) is 10.2. The molecule has 1 saturated heterocycles. The van der Waals surface area contributed by atoms with Gasteiger partial charge < -0.3 is 19.9 Å². The van der Waals surface area contributed by atoms with Gasteiger partial charge in [-0.25, -0.2) is 0 Å². The van der Waals surface area contributed by atoms with E-state index < -0.39 is 0 Å². The Labute approximate surface area is 171 Å². The van der Waals surface area contributed by atoms with Crippen molar-refractivity contribution >= 4 is 23.2 Å². The Morgan fingerprint density at radius 2 is 1.86 bits per heavy atom. The highest BCUT2D eigenvalue weighted by Crippen LogP contribution is 2.33. The molecule has 0 radical (unpaired) electrons. The smallest absolute Gasteiger partial charge is 0.255 e. The summed E-state index contributed by atoms with van der Waals surface area (Å²) in [6.07, 6.45) is 2.95. The quantitative estimate of drug-likeness (QED) is 0.866. The number of amides is 2. The topological polar surface area (TPSA) is 61.9 Å². The van der Waals surface area contributed by atoms with Crippen LogP contribution in [0.4, 0.5) is 11.4 Å². The average Bonchev–Trinajstić information content (AvgIpc) is 2.78. The minimum atomic E-state index is 0.0147. The summed E-state index contributed by atoms with van der Waals surface area (Å²) in [4.78, 5) is 29.6. The number of nitrogens with zero attached hydrogens (tertiary/aromatic N) is 2.